The van der Waals surface area contributed by atoms with E-state index < -0.39 is 0 Å². The molecule has 3 N–H and O–H groups in total. The molecule has 0 saturated carbocycles. The van der Waals surface area contributed by atoms with Crippen LogP contribution in [0.15, 0.2) is 24.3 Å². The van der Waals surface area contributed by atoms with Crippen molar-refractivity contribution < 1.29 is 9.84 Å². The number of rotatable bonds is 9. The third-order valence-corrected chi connectivity index (χ3v) is 2.46. The maximum Gasteiger partial charge on any atom is 0.119 e. The van der Waals surface area contributed by atoms with Crippen molar-refractivity contribution in [1.29, 1.82) is 0 Å². The summed E-state index contributed by atoms with van der Waals surface area (Å²) in [7, 11) is 0. The Kier molecular flexibility index (Phi) is 7.41. The zero-order chi connectivity index (χ0) is 13.2. The number of nitrogens with one attached hydrogen (secondary N) is 2. The molecule has 0 aliphatic carbocycles. The summed E-state index contributed by atoms with van der Waals surface area (Å²) in [6.07, 6.45) is -0.284. The van der Waals surface area contributed by atoms with Gasteiger partial charge in [0.1, 0.15) is 5.75 Å². The van der Waals surface area contributed by atoms with E-state index >= 15 is 0 Å². The van der Waals surface area contributed by atoms with Crippen molar-refractivity contribution in [2.75, 3.05) is 26.2 Å². The summed E-state index contributed by atoms with van der Waals surface area (Å²) in [6.45, 7) is 7.67. The molecule has 0 aromatic heterocycles. The first-order valence-corrected chi connectivity index (χ1v) is 6.53. The summed E-state index contributed by atoms with van der Waals surface area (Å²) in [4.78, 5) is 0. The lowest BCUT2D eigenvalue weighted by atomic mass is 10.2. The van der Waals surface area contributed by atoms with Gasteiger partial charge in [0.25, 0.3) is 0 Å². The summed E-state index contributed by atoms with van der Waals surface area (Å²) >= 11 is 0. The van der Waals surface area contributed by atoms with Crippen molar-refractivity contribution >= 4 is 0 Å². The van der Waals surface area contributed by atoms with Gasteiger partial charge in [0.2, 0.25) is 0 Å². The van der Waals surface area contributed by atoms with E-state index in [4.69, 9.17) is 9.84 Å². The van der Waals surface area contributed by atoms with Crippen LogP contribution >= 0.6 is 0 Å². The quantitative estimate of drug-likeness (QED) is 0.577. The minimum atomic E-state index is -0.284. The molecular weight excluding hydrogens is 228 g/mol. The fourth-order valence-corrected chi connectivity index (χ4v) is 1.63. The average Bonchev–Trinajstić information content (AvgIpc) is 2.34. The van der Waals surface area contributed by atoms with Crippen LogP contribution in [0.2, 0.25) is 0 Å². The second kappa shape index (κ2) is 8.91. The number of aliphatic hydroxyl groups excluding tert-OH is 1. The SMILES string of the molecule is CCOc1cccc(CNCCNC[C@@H](C)O)c1. The summed E-state index contributed by atoms with van der Waals surface area (Å²) < 4.78 is 5.45. The van der Waals surface area contributed by atoms with Crippen LogP contribution < -0.4 is 15.4 Å². The van der Waals surface area contributed by atoms with Crippen LogP contribution in [0.4, 0.5) is 0 Å². The van der Waals surface area contributed by atoms with Crippen molar-refractivity contribution in [1.82, 2.24) is 10.6 Å². The van der Waals surface area contributed by atoms with Gasteiger partial charge < -0.3 is 20.5 Å². The summed E-state index contributed by atoms with van der Waals surface area (Å²) in [5, 5.41) is 15.6. The Morgan fingerprint density at radius 1 is 1.28 bits per heavy atom. The molecule has 0 saturated heterocycles. The highest BCUT2D eigenvalue weighted by molar-refractivity contribution is 5.28. The van der Waals surface area contributed by atoms with Crippen LogP contribution in [0.1, 0.15) is 19.4 Å². The summed E-state index contributed by atoms with van der Waals surface area (Å²) in [6, 6.07) is 8.11. The van der Waals surface area contributed by atoms with Crippen LogP contribution in [0.25, 0.3) is 0 Å². The summed E-state index contributed by atoms with van der Waals surface area (Å²) in [5.74, 6) is 0.920. The standard InChI is InChI=1S/C14H24N2O2/c1-3-18-14-6-4-5-13(9-14)11-16-8-7-15-10-12(2)17/h4-6,9,12,15-17H,3,7-8,10-11H2,1-2H3/t12-/m1/s1. The predicted molar refractivity (Wildman–Crippen MR) is 73.9 cm³/mol. The fourth-order valence-electron chi connectivity index (χ4n) is 1.63. The Hall–Kier alpha value is -1.10. The van der Waals surface area contributed by atoms with Gasteiger partial charge in [-0.3, -0.25) is 0 Å². The van der Waals surface area contributed by atoms with Crippen molar-refractivity contribution in [3.8, 4) is 5.75 Å². The molecule has 4 heteroatoms. The van der Waals surface area contributed by atoms with E-state index in [1.54, 1.807) is 6.92 Å². The molecule has 18 heavy (non-hydrogen) atoms. The molecule has 1 atom stereocenters. The van der Waals surface area contributed by atoms with Crippen molar-refractivity contribution in [2.24, 2.45) is 0 Å². The van der Waals surface area contributed by atoms with Gasteiger partial charge in [-0.1, -0.05) is 12.1 Å². The molecule has 1 aromatic rings. The minimum Gasteiger partial charge on any atom is -0.494 e. The summed E-state index contributed by atoms with van der Waals surface area (Å²) in [5.41, 5.74) is 1.22. The first kappa shape index (κ1) is 15.0. The number of aliphatic hydroxyl groups is 1. The van der Waals surface area contributed by atoms with Crippen LogP contribution in [0.3, 0.4) is 0 Å². The molecule has 4 nitrogen and oxygen atoms in total. The van der Waals surface area contributed by atoms with Crippen molar-refractivity contribution in [3.05, 3.63) is 29.8 Å². The maximum atomic E-state index is 9.07. The third-order valence-electron chi connectivity index (χ3n) is 2.46. The Morgan fingerprint density at radius 2 is 2.06 bits per heavy atom. The van der Waals surface area contributed by atoms with Gasteiger partial charge in [-0.2, -0.15) is 0 Å². The molecule has 0 bridgehead atoms. The van der Waals surface area contributed by atoms with E-state index in [1.807, 2.05) is 19.1 Å². The first-order chi connectivity index (χ1) is 8.72. The minimum absolute atomic E-state index is 0.284. The van der Waals surface area contributed by atoms with Gasteiger partial charge in [0.15, 0.2) is 0 Å². The Bertz CT molecular complexity index is 329. The fraction of sp³-hybridized carbons (Fsp3) is 0.571. The van der Waals surface area contributed by atoms with E-state index in [1.165, 1.54) is 5.56 Å². The van der Waals surface area contributed by atoms with Gasteiger partial charge in [-0.05, 0) is 31.5 Å². The van der Waals surface area contributed by atoms with Gasteiger partial charge >= 0.3 is 0 Å². The number of ether oxygens (including phenoxy) is 1. The lowest BCUT2D eigenvalue weighted by molar-refractivity contribution is 0.191. The Balaban J connectivity index is 2.16. The highest BCUT2D eigenvalue weighted by Crippen LogP contribution is 2.12. The lowest BCUT2D eigenvalue weighted by Crippen LogP contribution is -2.31. The predicted octanol–water partition coefficient (Wildman–Crippen LogP) is 1.15. The largest absolute Gasteiger partial charge is 0.494 e. The lowest BCUT2D eigenvalue weighted by Gasteiger charge is -2.09. The third kappa shape index (κ3) is 6.59. The second-order valence-electron chi connectivity index (χ2n) is 4.31. The van der Waals surface area contributed by atoms with Gasteiger partial charge in [-0.25, -0.2) is 0 Å². The molecule has 1 aromatic carbocycles. The smallest absolute Gasteiger partial charge is 0.119 e. The van der Waals surface area contributed by atoms with E-state index in [2.05, 4.69) is 22.8 Å². The van der Waals surface area contributed by atoms with Gasteiger partial charge in [-0.15, -0.1) is 0 Å². The van der Waals surface area contributed by atoms with Crippen molar-refractivity contribution in [3.63, 3.8) is 0 Å². The molecule has 0 fully saturated rings. The topological polar surface area (TPSA) is 53.5 Å². The maximum absolute atomic E-state index is 9.07. The normalized spacial score (nSPS) is 12.4. The Morgan fingerprint density at radius 3 is 2.78 bits per heavy atom. The molecule has 0 unspecified atom stereocenters. The van der Waals surface area contributed by atoms with Crippen LogP contribution in [0, 0.1) is 0 Å². The zero-order valence-corrected chi connectivity index (χ0v) is 11.3. The van der Waals surface area contributed by atoms with E-state index in [9.17, 15) is 0 Å². The molecular formula is C14H24N2O2. The molecule has 1 rings (SSSR count). The zero-order valence-electron chi connectivity index (χ0n) is 11.3. The highest BCUT2D eigenvalue weighted by Gasteiger charge is 1.97. The molecule has 0 radical (unpaired) electrons. The van der Waals surface area contributed by atoms with E-state index in [0.717, 1.165) is 25.4 Å². The molecule has 0 amide bonds. The molecule has 0 aliphatic heterocycles. The molecule has 0 spiro atoms. The molecule has 0 aliphatic rings. The first-order valence-electron chi connectivity index (χ1n) is 6.53. The van der Waals surface area contributed by atoms with Crippen LogP contribution in [-0.4, -0.2) is 37.5 Å². The van der Waals surface area contributed by atoms with Crippen LogP contribution in [0.5, 0.6) is 5.75 Å². The molecule has 102 valence electrons. The molecule has 0 heterocycles. The second-order valence-corrected chi connectivity index (χ2v) is 4.31. The van der Waals surface area contributed by atoms with Gasteiger partial charge in [0, 0.05) is 26.2 Å². The van der Waals surface area contributed by atoms with E-state index in [0.29, 0.717) is 13.2 Å². The Labute approximate surface area is 109 Å². The number of hydrogen-bond donors (Lipinski definition) is 3. The number of hydrogen-bond acceptors (Lipinski definition) is 4. The van der Waals surface area contributed by atoms with Gasteiger partial charge in [0.05, 0.1) is 12.7 Å². The average molecular weight is 252 g/mol. The monoisotopic (exact) mass is 252 g/mol. The van der Waals surface area contributed by atoms with E-state index in [-0.39, 0.29) is 6.10 Å². The highest BCUT2D eigenvalue weighted by atomic mass is 16.5. The number of benzene rings is 1. The van der Waals surface area contributed by atoms with Crippen LogP contribution in [-0.2, 0) is 6.54 Å². The van der Waals surface area contributed by atoms with Crippen molar-refractivity contribution in [2.45, 2.75) is 26.5 Å².